The van der Waals surface area contributed by atoms with Gasteiger partial charge < -0.3 is 5.32 Å². The standard InChI is InChI=1S/C20H26N4O3S/c1-13-18(12-24(2)22-13)20(25)21-19-10-8-14-7-9-16(11-17(14)19)28(26,27)23-15-5-3-4-6-15/h7,9,11-12,15,19,23H,3-6,8,10H2,1-2H3,(H,21,25)/t19-/m1/s1. The summed E-state index contributed by atoms with van der Waals surface area (Å²) >= 11 is 0. The van der Waals surface area contributed by atoms with Gasteiger partial charge in [0, 0.05) is 19.3 Å². The van der Waals surface area contributed by atoms with Crippen molar-refractivity contribution in [3.8, 4) is 0 Å². The summed E-state index contributed by atoms with van der Waals surface area (Å²) in [7, 11) is -1.77. The van der Waals surface area contributed by atoms with Crippen LogP contribution in [0, 0.1) is 6.92 Å². The van der Waals surface area contributed by atoms with Gasteiger partial charge in [-0.1, -0.05) is 18.9 Å². The Morgan fingerprint density at radius 2 is 1.96 bits per heavy atom. The van der Waals surface area contributed by atoms with Gasteiger partial charge >= 0.3 is 0 Å². The lowest BCUT2D eigenvalue weighted by Crippen LogP contribution is -2.33. The fourth-order valence-corrected chi connectivity index (χ4v) is 5.63. The van der Waals surface area contributed by atoms with Crippen molar-refractivity contribution in [3.05, 3.63) is 46.8 Å². The Bertz CT molecular complexity index is 1010. The first-order valence-electron chi connectivity index (χ1n) is 9.80. The molecule has 2 aromatic rings. The molecule has 7 nitrogen and oxygen atoms in total. The Labute approximate surface area is 165 Å². The summed E-state index contributed by atoms with van der Waals surface area (Å²) in [6, 6.07) is 5.11. The van der Waals surface area contributed by atoms with Gasteiger partial charge in [-0.25, -0.2) is 13.1 Å². The van der Waals surface area contributed by atoms with Crippen molar-refractivity contribution in [1.82, 2.24) is 19.8 Å². The van der Waals surface area contributed by atoms with Gasteiger partial charge in [-0.05, 0) is 55.9 Å². The molecule has 2 N–H and O–H groups in total. The number of hydrogen-bond donors (Lipinski definition) is 2. The van der Waals surface area contributed by atoms with Crippen molar-refractivity contribution in [1.29, 1.82) is 0 Å². The van der Waals surface area contributed by atoms with Crippen LogP contribution < -0.4 is 10.0 Å². The lowest BCUT2D eigenvalue weighted by molar-refractivity contribution is 0.0936. The van der Waals surface area contributed by atoms with Crippen LogP contribution in [0.1, 0.15) is 65.3 Å². The van der Waals surface area contributed by atoms with Crippen LogP contribution in [0.2, 0.25) is 0 Å². The van der Waals surface area contributed by atoms with Gasteiger partial charge in [-0.15, -0.1) is 0 Å². The molecular formula is C20H26N4O3S. The van der Waals surface area contributed by atoms with E-state index >= 15 is 0 Å². The first-order valence-corrected chi connectivity index (χ1v) is 11.3. The number of sulfonamides is 1. The number of fused-ring (bicyclic) bond motifs is 1. The Balaban J connectivity index is 1.55. The van der Waals surface area contributed by atoms with Gasteiger partial charge in [-0.3, -0.25) is 9.48 Å². The highest BCUT2D eigenvalue weighted by molar-refractivity contribution is 7.89. The Kier molecular flexibility index (Phi) is 5.01. The second kappa shape index (κ2) is 7.33. The average Bonchev–Trinajstić information content (AvgIpc) is 3.35. The van der Waals surface area contributed by atoms with E-state index in [1.165, 1.54) is 0 Å². The second-order valence-electron chi connectivity index (χ2n) is 7.83. The minimum Gasteiger partial charge on any atom is -0.345 e. The van der Waals surface area contributed by atoms with E-state index < -0.39 is 10.0 Å². The molecule has 1 aromatic heterocycles. The smallest absolute Gasteiger partial charge is 0.255 e. The molecular weight excluding hydrogens is 376 g/mol. The SMILES string of the molecule is Cc1nn(C)cc1C(=O)N[C@@H]1CCc2ccc(S(=O)(=O)NC3CCCC3)cc21. The average molecular weight is 403 g/mol. The maximum Gasteiger partial charge on any atom is 0.255 e. The first-order chi connectivity index (χ1) is 13.3. The monoisotopic (exact) mass is 402 g/mol. The summed E-state index contributed by atoms with van der Waals surface area (Å²) in [5.41, 5.74) is 3.20. The molecule has 0 spiro atoms. The third-order valence-electron chi connectivity index (χ3n) is 5.75. The van der Waals surface area contributed by atoms with Gasteiger partial charge in [-0.2, -0.15) is 5.10 Å². The molecule has 0 radical (unpaired) electrons. The molecule has 4 rings (SSSR count). The highest BCUT2D eigenvalue weighted by Crippen LogP contribution is 2.33. The number of rotatable bonds is 5. The van der Waals surface area contributed by atoms with E-state index in [2.05, 4.69) is 15.1 Å². The van der Waals surface area contributed by atoms with Crippen molar-refractivity contribution in [2.24, 2.45) is 7.05 Å². The van der Waals surface area contributed by atoms with E-state index in [0.717, 1.165) is 49.7 Å². The lowest BCUT2D eigenvalue weighted by Gasteiger charge is -2.16. The predicted molar refractivity (Wildman–Crippen MR) is 105 cm³/mol. The number of aryl methyl sites for hydroxylation is 3. The molecule has 8 heteroatoms. The number of nitrogens with zero attached hydrogens (tertiary/aromatic N) is 2. The van der Waals surface area contributed by atoms with Crippen LogP contribution in [0.15, 0.2) is 29.3 Å². The summed E-state index contributed by atoms with van der Waals surface area (Å²) in [5, 5.41) is 7.26. The maximum absolute atomic E-state index is 12.8. The molecule has 2 aliphatic carbocycles. The molecule has 0 aliphatic heterocycles. The molecule has 1 fully saturated rings. The van der Waals surface area contributed by atoms with E-state index in [1.807, 2.05) is 6.07 Å². The number of carbonyl (C=O) groups is 1. The topological polar surface area (TPSA) is 93.1 Å². The number of benzene rings is 1. The first kappa shape index (κ1) is 19.1. The van der Waals surface area contributed by atoms with Crippen LogP contribution >= 0.6 is 0 Å². The molecule has 0 saturated heterocycles. The number of nitrogens with one attached hydrogen (secondary N) is 2. The van der Waals surface area contributed by atoms with Crippen molar-refractivity contribution in [3.63, 3.8) is 0 Å². The molecule has 0 unspecified atom stereocenters. The quantitative estimate of drug-likeness (QED) is 0.803. The van der Waals surface area contributed by atoms with Crippen LogP contribution in [0.5, 0.6) is 0 Å². The fourth-order valence-electron chi connectivity index (χ4n) is 4.29. The van der Waals surface area contributed by atoms with Gasteiger partial charge in [0.15, 0.2) is 0 Å². The minimum absolute atomic E-state index is 0.0299. The Hall–Kier alpha value is -2.19. The zero-order valence-corrected chi connectivity index (χ0v) is 17.1. The lowest BCUT2D eigenvalue weighted by atomic mass is 10.1. The van der Waals surface area contributed by atoms with Crippen molar-refractivity contribution >= 4 is 15.9 Å². The molecule has 1 atom stereocenters. The van der Waals surface area contributed by atoms with Crippen LogP contribution in [0.25, 0.3) is 0 Å². The fraction of sp³-hybridized carbons (Fsp3) is 0.500. The summed E-state index contributed by atoms with van der Waals surface area (Å²) < 4.78 is 30.0. The third kappa shape index (κ3) is 3.71. The molecule has 150 valence electrons. The highest BCUT2D eigenvalue weighted by Gasteiger charge is 2.29. The normalized spacial score (nSPS) is 19.7. The number of amides is 1. The van der Waals surface area contributed by atoms with Gasteiger partial charge in [0.05, 0.1) is 22.2 Å². The molecule has 1 heterocycles. The molecule has 1 saturated carbocycles. The van der Waals surface area contributed by atoms with Crippen molar-refractivity contribution in [2.75, 3.05) is 0 Å². The van der Waals surface area contributed by atoms with Crippen molar-refractivity contribution < 1.29 is 13.2 Å². The zero-order chi connectivity index (χ0) is 19.9. The summed E-state index contributed by atoms with van der Waals surface area (Å²) in [5.74, 6) is -0.180. The molecule has 1 aromatic carbocycles. The Morgan fingerprint density at radius 3 is 2.64 bits per heavy atom. The number of carbonyl (C=O) groups excluding carboxylic acids is 1. The van der Waals surface area contributed by atoms with Gasteiger partial charge in [0.2, 0.25) is 10.0 Å². The maximum atomic E-state index is 12.8. The van der Waals surface area contributed by atoms with E-state index in [4.69, 9.17) is 0 Å². The summed E-state index contributed by atoms with van der Waals surface area (Å²) in [6.07, 6.45) is 7.22. The van der Waals surface area contributed by atoms with Crippen LogP contribution in [-0.4, -0.2) is 30.1 Å². The largest absolute Gasteiger partial charge is 0.345 e. The minimum atomic E-state index is -3.55. The van der Waals surface area contributed by atoms with E-state index in [0.29, 0.717) is 11.3 Å². The molecule has 2 aliphatic rings. The molecule has 28 heavy (non-hydrogen) atoms. The second-order valence-corrected chi connectivity index (χ2v) is 9.54. The number of hydrogen-bond acceptors (Lipinski definition) is 4. The van der Waals surface area contributed by atoms with E-state index in [9.17, 15) is 13.2 Å². The number of aromatic nitrogens is 2. The third-order valence-corrected chi connectivity index (χ3v) is 7.26. The van der Waals surface area contributed by atoms with Crippen LogP contribution in [-0.2, 0) is 23.5 Å². The molecule has 1 amide bonds. The highest BCUT2D eigenvalue weighted by atomic mass is 32.2. The molecule has 0 bridgehead atoms. The predicted octanol–water partition coefficient (Wildman–Crippen LogP) is 2.37. The van der Waals surface area contributed by atoms with Crippen molar-refractivity contribution in [2.45, 2.75) is 62.4 Å². The van der Waals surface area contributed by atoms with Crippen LogP contribution in [0.3, 0.4) is 0 Å². The van der Waals surface area contributed by atoms with Gasteiger partial charge in [0.1, 0.15) is 0 Å². The van der Waals surface area contributed by atoms with Gasteiger partial charge in [0.25, 0.3) is 5.91 Å². The van der Waals surface area contributed by atoms with E-state index in [1.54, 1.807) is 37.0 Å². The Morgan fingerprint density at radius 1 is 1.21 bits per heavy atom. The van der Waals surface area contributed by atoms with E-state index in [-0.39, 0.29) is 22.9 Å². The van der Waals surface area contributed by atoms with Crippen LogP contribution in [0.4, 0.5) is 0 Å². The summed E-state index contributed by atoms with van der Waals surface area (Å²) in [4.78, 5) is 12.9. The summed E-state index contributed by atoms with van der Waals surface area (Å²) in [6.45, 7) is 1.80. The zero-order valence-electron chi connectivity index (χ0n) is 16.2.